The minimum atomic E-state index is 0.744. The predicted molar refractivity (Wildman–Crippen MR) is 70.7 cm³/mol. The molecule has 1 unspecified atom stereocenters. The van der Waals surface area contributed by atoms with E-state index in [0.29, 0.717) is 0 Å². The lowest BCUT2D eigenvalue weighted by Gasteiger charge is -2.31. The van der Waals surface area contributed by atoms with Crippen LogP contribution < -0.4 is 0 Å². The van der Waals surface area contributed by atoms with Gasteiger partial charge >= 0.3 is 0 Å². The lowest BCUT2D eigenvalue weighted by Crippen LogP contribution is -2.17. The van der Waals surface area contributed by atoms with Crippen LogP contribution in [0.25, 0.3) is 0 Å². The SMILES string of the molecule is Cc1ccc(C(C)C2CCC(C)CC2)cc1. The number of hydrogen-bond donors (Lipinski definition) is 0. The molecule has 1 aliphatic rings. The Kier molecular flexibility index (Phi) is 3.68. The van der Waals surface area contributed by atoms with Crippen molar-refractivity contribution in [1.29, 1.82) is 0 Å². The van der Waals surface area contributed by atoms with E-state index in [-0.39, 0.29) is 0 Å². The van der Waals surface area contributed by atoms with Crippen LogP contribution in [0.15, 0.2) is 24.3 Å². The Hall–Kier alpha value is -0.780. The van der Waals surface area contributed by atoms with Gasteiger partial charge in [0.25, 0.3) is 0 Å². The Morgan fingerprint density at radius 2 is 1.56 bits per heavy atom. The first-order valence-electron chi connectivity index (χ1n) is 6.73. The number of benzene rings is 1. The fraction of sp³-hybridized carbons (Fsp3) is 0.625. The molecule has 88 valence electrons. The highest BCUT2D eigenvalue weighted by Gasteiger charge is 2.23. The summed E-state index contributed by atoms with van der Waals surface area (Å²) in [6.45, 7) is 6.97. The van der Waals surface area contributed by atoms with E-state index >= 15 is 0 Å². The van der Waals surface area contributed by atoms with Crippen molar-refractivity contribution in [2.24, 2.45) is 11.8 Å². The van der Waals surface area contributed by atoms with Gasteiger partial charge in [-0.2, -0.15) is 0 Å². The van der Waals surface area contributed by atoms with E-state index in [2.05, 4.69) is 45.0 Å². The highest BCUT2D eigenvalue weighted by molar-refractivity contribution is 5.24. The molecule has 0 radical (unpaired) electrons. The van der Waals surface area contributed by atoms with E-state index in [1.807, 2.05) is 0 Å². The van der Waals surface area contributed by atoms with Crippen LogP contribution in [-0.4, -0.2) is 0 Å². The van der Waals surface area contributed by atoms with Gasteiger partial charge in [0.1, 0.15) is 0 Å². The molecule has 1 aliphatic carbocycles. The first-order chi connectivity index (χ1) is 7.66. The lowest BCUT2D eigenvalue weighted by atomic mass is 9.75. The third-order valence-corrected chi connectivity index (χ3v) is 4.37. The second-order valence-corrected chi connectivity index (χ2v) is 5.72. The summed E-state index contributed by atoms with van der Waals surface area (Å²) in [6, 6.07) is 9.13. The first kappa shape index (κ1) is 11.7. The molecular formula is C16H24. The van der Waals surface area contributed by atoms with E-state index in [4.69, 9.17) is 0 Å². The molecule has 0 amide bonds. The number of hydrogen-bond acceptors (Lipinski definition) is 0. The fourth-order valence-corrected chi connectivity index (χ4v) is 2.93. The maximum atomic E-state index is 2.41. The Morgan fingerprint density at radius 1 is 1.00 bits per heavy atom. The standard InChI is InChI=1S/C16H24/c1-12-4-8-15(9-5-12)14(3)16-10-6-13(2)7-11-16/h4-5,8-9,13-14,16H,6-7,10-11H2,1-3H3. The van der Waals surface area contributed by atoms with Crippen LogP contribution in [0.5, 0.6) is 0 Å². The number of aryl methyl sites for hydroxylation is 1. The zero-order chi connectivity index (χ0) is 11.5. The fourth-order valence-electron chi connectivity index (χ4n) is 2.93. The number of rotatable bonds is 2. The molecule has 0 spiro atoms. The van der Waals surface area contributed by atoms with Crippen molar-refractivity contribution in [1.82, 2.24) is 0 Å². The van der Waals surface area contributed by atoms with Crippen molar-refractivity contribution in [3.8, 4) is 0 Å². The van der Waals surface area contributed by atoms with Crippen LogP contribution in [0, 0.1) is 18.8 Å². The van der Waals surface area contributed by atoms with Crippen LogP contribution in [-0.2, 0) is 0 Å². The van der Waals surface area contributed by atoms with Gasteiger partial charge in [0.05, 0.1) is 0 Å². The van der Waals surface area contributed by atoms with E-state index in [0.717, 1.165) is 17.8 Å². The van der Waals surface area contributed by atoms with Gasteiger partial charge in [-0.1, -0.05) is 56.5 Å². The summed E-state index contributed by atoms with van der Waals surface area (Å²) in [5.41, 5.74) is 2.90. The molecule has 1 aromatic rings. The second kappa shape index (κ2) is 5.03. The Bertz CT molecular complexity index is 314. The molecule has 1 fully saturated rings. The third-order valence-electron chi connectivity index (χ3n) is 4.37. The van der Waals surface area contributed by atoms with E-state index in [9.17, 15) is 0 Å². The lowest BCUT2D eigenvalue weighted by molar-refractivity contribution is 0.261. The predicted octanol–water partition coefficient (Wildman–Crippen LogP) is 4.92. The molecule has 1 atom stereocenters. The van der Waals surface area contributed by atoms with Crippen LogP contribution in [0.3, 0.4) is 0 Å². The van der Waals surface area contributed by atoms with Gasteiger partial charge in [-0.15, -0.1) is 0 Å². The van der Waals surface area contributed by atoms with Crippen molar-refractivity contribution >= 4 is 0 Å². The van der Waals surface area contributed by atoms with Crippen molar-refractivity contribution < 1.29 is 0 Å². The molecule has 0 aromatic heterocycles. The summed E-state index contributed by atoms with van der Waals surface area (Å²) in [6.07, 6.45) is 5.72. The van der Waals surface area contributed by atoms with E-state index in [1.54, 1.807) is 0 Å². The monoisotopic (exact) mass is 216 g/mol. The maximum Gasteiger partial charge on any atom is -0.0162 e. The zero-order valence-electron chi connectivity index (χ0n) is 10.9. The minimum Gasteiger partial charge on any atom is -0.0625 e. The first-order valence-corrected chi connectivity index (χ1v) is 6.73. The Balaban J connectivity index is 2.01. The quantitative estimate of drug-likeness (QED) is 0.658. The van der Waals surface area contributed by atoms with Gasteiger partial charge in [-0.3, -0.25) is 0 Å². The minimum absolute atomic E-state index is 0.744. The molecule has 16 heavy (non-hydrogen) atoms. The summed E-state index contributed by atoms with van der Waals surface area (Å²) in [4.78, 5) is 0. The van der Waals surface area contributed by atoms with Gasteiger partial charge in [-0.05, 0) is 43.1 Å². The summed E-state index contributed by atoms with van der Waals surface area (Å²) in [5, 5.41) is 0. The summed E-state index contributed by atoms with van der Waals surface area (Å²) in [5.74, 6) is 2.62. The Labute approximate surface area is 100 Å². The van der Waals surface area contributed by atoms with Crippen molar-refractivity contribution in [3.05, 3.63) is 35.4 Å². The highest BCUT2D eigenvalue weighted by Crippen LogP contribution is 2.37. The molecule has 0 heteroatoms. The normalized spacial score (nSPS) is 27.7. The highest BCUT2D eigenvalue weighted by atomic mass is 14.3. The van der Waals surface area contributed by atoms with Gasteiger partial charge < -0.3 is 0 Å². The molecular weight excluding hydrogens is 192 g/mol. The third kappa shape index (κ3) is 2.66. The van der Waals surface area contributed by atoms with Crippen LogP contribution in [0.1, 0.15) is 56.6 Å². The van der Waals surface area contributed by atoms with Crippen molar-refractivity contribution in [3.63, 3.8) is 0 Å². The molecule has 1 saturated carbocycles. The van der Waals surface area contributed by atoms with Crippen molar-refractivity contribution in [2.45, 2.75) is 52.4 Å². The largest absolute Gasteiger partial charge is 0.0625 e. The molecule has 1 aromatic carbocycles. The van der Waals surface area contributed by atoms with E-state index in [1.165, 1.54) is 36.8 Å². The summed E-state index contributed by atoms with van der Waals surface area (Å²) >= 11 is 0. The molecule has 2 rings (SSSR count). The van der Waals surface area contributed by atoms with Gasteiger partial charge in [0, 0.05) is 0 Å². The van der Waals surface area contributed by atoms with E-state index < -0.39 is 0 Å². The van der Waals surface area contributed by atoms with Crippen molar-refractivity contribution in [2.75, 3.05) is 0 Å². The smallest absolute Gasteiger partial charge is 0.0162 e. The summed E-state index contributed by atoms with van der Waals surface area (Å²) < 4.78 is 0. The summed E-state index contributed by atoms with van der Waals surface area (Å²) in [7, 11) is 0. The van der Waals surface area contributed by atoms with Gasteiger partial charge in [0.2, 0.25) is 0 Å². The topological polar surface area (TPSA) is 0 Å². The molecule has 0 nitrogen and oxygen atoms in total. The molecule has 0 N–H and O–H groups in total. The molecule has 0 bridgehead atoms. The molecule has 0 heterocycles. The molecule has 0 saturated heterocycles. The Morgan fingerprint density at radius 3 is 2.12 bits per heavy atom. The maximum absolute atomic E-state index is 2.41. The average Bonchev–Trinajstić information content (AvgIpc) is 2.30. The second-order valence-electron chi connectivity index (χ2n) is 5.72. The zero-order valence-corrected chi connectivity index (χ0v) is 10.9. The van der Waals surface area contributed by atoms with Gasteiger partial charge in [-0.25, -0.2) is 0 Å². The average molecular weight is 216 g/mol. The van der Waals surface area contributed by atoms with Crippen LogP contribution in [0.2, 0.25) is 0 Å². The van der Waals surface area contributed by atoms with Crippen LogP contribution >= 0.6 is 0 Å². The molecule has 0 aliphatic heterocycles. The van der Waals surface area contributed by atoms with Crippen LogP contribution in [0.4, 0.5) is 0 Å². The van der Waals surface area contributed by atoms with Gasteiger partial charge in [0.15, 0.2) is 0 Å².